The van der Waals surface area contributed by atoms with E-state index in [1.54, 1.807) is 10.7 Å². The van der Waals surface area contributed by atoms with Crippen molar-refractivity contribution in [2.24, 2.45) is 5.92 Å². The minimum Gasteiger partial charge on any atom is -0.346 e. The van der Waals surface area contributed by atoms with E-state index < -0.39 is 11.4 Å². The number of benzene rings is 1. The molecule has 1 saturated carbocycles. The van der Waals surface area contributed by atoms with Gasteiger partial charge < -0.3 is 4.90 Å². The Labute approximate surface area is 168 Å². The van der Waals surface area contributed by atoms with Crippen LogP contribution in [0.2, 0.25) is 0 Å². The third kappa shape index (κ3) is 2.37. The lowest BCUT2D eigenvalue weighted by Crippen LogP contribution is -2.34. The van der Waals surface area contributed by atoms with E-state index in [4.69, 9.17) is 4.98 Å². The van der Waals surface area contributed by atoms with E-state index in [9.17, 15) is 8.78 Å². The first-order valence-electron chi connectivity index (χ1n) is 9.44. The Balaban J connectivity index is 1.47. The summed E-state index contributed by atoms with van der Waals surface area (Å²) in [5.74, 6) is 0.272. The molecule has 0 N–H and O–H groups in total. The van der Waals surface area contributed by atoms with Gasteiger partial charge in [0.2, 0.25) is 0 Å². The van der Waals surface area contributed by atoms with Gasteiger partial charge in [0.1, 0.15) is 22.5 Å². The van der Waals surface area contributed by atoms with Gasteiger partial charge in [0, 0.05) is 18.3 Å². The van der Waals surface area contributed by atoms with Gasteiger partial charge in [-0.1, -0.05) is 11.3 Å². The van der Waals surface area contributed by atoms with E-state index >= 15 is 0 Å². The van der Waals surface area contributed by atoms with Crippen LogP contribution in [0.5, 0.6) is 0 Å². The molecule has 146 valence electrons. The molecule has 9 heteroatoms. The van der Waals surface area contributed by atoms with Crippen LogP contribution in [-0.4, -0.2) is 31.3 Å². The Kier molecular flexibility index (Phi) is 3.39. The fourth-order valence-corrected chi connectivity index (χ4v) is 5.36. The van der Waals surface area contributed by atoms with Crippen LogP contribution in [0.25, 0.3) is 16.2 Å². The lowest BCUT2D eigenvalue weighted by atomic mass is 10.0. The van der Waals surface area contributed by atoms with Gasteiger partial charge in [-0.3, -0.25) is 0 Å². The first-order chi connectivity index (χ1) is 14.1. The quantitative estimate of drug-likeness (QED) is 0.512. The molecule has 6 nitrogen and oxygen atoms in total. The molecule has 0 radical (unpaired) electrons. The summed E-state index contributed by atoms with van der Waals surface area (Å²) in [5, 5.41) is 14.3. The van der Waals surface area contributed by atoms with Crippen molar-refractivity contribution >= 4 is 22.8 Å². The van der Waals surface area contributed by atoms with Crippen LogP contribution < -0.4 is 4.90 Å². The van der Waals surface area contributed by atoms with Gasteiger partial charge in [0.05, 0.1) is 17.3 Å². The summed E-state index contributed by atoms with van der Waals surface area (Å²) in [6, 6.07) is 5.60. The molecule has 4 heterocycles. The summed E-state index contributed by atoms with van der Waals surface area (Å²) < 4.78 is 30.2. The Morgan fingerprint density at radius 2 is 2.10 bits per heavy atom. The molecule has 0 amide bonds. The van der Waals surface area contributed by atoms with Crippen LogP contribution in [0.1, 0.15) is 23.4 Å². The monoisotopic (exact) mass is 410 g/mol. The second kappa shape index (κ2) is 5.79. The molecule has 0 bridgehead atoms. The first-order valence-corrected chi connectivity index (χ1v) is 10.3. The number of piperidine rings is 1. The van der Waals surface area contributed by atoms with Gasteiger partial charge in [0.15, 0.2) is 10.7 Å². The van der Waals surface area contributed by atoms with Crippen molar-refractivity contribution in [3.05, 3.63) is 58.9 Å². The predicted molar refractivity (Wildman–Crippen MR) is 105 cm³/mol. The Morgan fingerprint density at radius 3 is 2.90 bits per heavy atom. The highest BCUT2D eigenvalue weighted by Crippen LogP contribution is 2.63. The average molecular weight is 410 g/mol. The summed E-state index contributed by atoms with van der Waals surface area (Å²) in [6.45, 7) is 2.66. The highest BCUT2D eigenvalue weighted by atomic mass is 32.1. The number of aryl methyl sites for hydroxylation is 1. The SMILES string of the molecule is Cc1nnc(-c2cnn3ccc(N4CC[C@H]5C[C@]54c4cc(F)ccc4F)nc23)s1. The van der Waals surface area contributed by atoms with Gasteiger partial charge in [0.25, 0.3) is 0 Å². The smallest absolute Gasteiger partial charge is 0.167 e. The van der Waals surface area contributed by atoms with Crippen LogP contribution in [0, 0.1) is 24.5 Å². The normalized spacial score (nSPS) is 23.0. The first kappa shape index (κ1) is 17.0. The number of nitrogens with zero attached hydrogens (tertiary/aromatic N) is 6. The number of halogens is 2. The summed E-state index contributed by atoms with van der Waals surface area (Å²) in [5.41, 5.74) is 1.40. The average Bonchev–Trinajstić information content (AvgIpc) is 3.05. The minimum atomic E-state index is -0.517. The summed E-state index contributed by atoms with van der Waals surface area (Å²) in [7, 11) is 0. The Bertz CT molecular complexity index is 1270. The van der Waals surface area contributed by atoms with Crippen LogP contribution in [0.3, 0.4) is 0 Å². The molecule has 4 aromatic rings. The lowest BCUT2D eigenvalue weighted by Gasteiger charge is -2.30. The van der Waals surface area contributed by atoms with Gasteiger partial charge in [-0.15, -0.1) is 10.2 Å². The summed E-state index contributed by atoms with van der Waals surface area (Å²) in [6.07, 6.45) is 5.32. The van der Waals surface area contributed by atoms with E-state index in [2.05, 4.69) is 20.2 Å². The molecular weight excluding hydrogens is 394 g/mol. The van der Waals surface area contributed by atoms with Gasteiger partial charge in [-0.2, -0.15) is 5.10 Å². The number of hydrogen-bond acceptors (Lipinski definition) is 6. The van der Waals surface area contributed by atoms with Crippen molar-refractivity contribution in [1.82, 2.24) is 24.8 Å². The maximum atomic E-state index is 14.6. The predicted octanol–water partition coefficient (Wildman–Crippen LogP) is 3.96. The summed E-state index contributed by atoms with van der Waals surface area (Å²) >= 11 is 1.49. The van der Waals surface area contributed by atoms with Crippen LogP contribution in [-0.2, 0) is 5.54 Å². The zero-order valence-electron chi connectivity index (χ0n) is 15.5. The molecule has 0 spiro atoms. The highest BCUT2D eigenvalue weighted by Gasteiger charge is 2.64. The van der Waals surface area contributed by atoms with Crippen LogP contribution >= 0.6 is 11.3 Å². The fourth-order valence-electron chi connectivity index (χ4n) is 4.66. The number of rotatable bonds is 3. The molecular formula is C20H16F2N6S. The second-order valence-corrected chi connectivity index (χ2v) is 8.81. The number of hydrogen-bond donors (Lipinski definition) is 0. The third-order valence-electron chi connectivity index (χ3n) is 6.04. The van der Waals surface area contributed by atoms with E-state index in [1.807, 2.05) is 19.2 Å². The van der Waals surface area contributed by atoms with Gasteiger partial charge in [-0.25, -0.2) is 18.3 Å². The third-order valence-corrected chi connectivity index (χ3v) is 6.91. The maximum Gasteiger partial charge on any atom is 0.167 e. The van der Waals surface area contributed by atoms with Crippen molar-refractivity contribution in [1.29, 1.82) is 0 Å². The fraction of sp³-hybridized carbons (Fsp3) is 0.300. The van der Waals surface area contributed by atoms with Crippen molar-refractivity contribution in [3.63, 3.8) is 0 Å². The molecule has 1 aliphatic heterocycles. The van der Waals surface area contributed by atoms with Crippen LogP contribution in [0.15, 0.2) is 36.7 Å². The maximum absolute atomic E-state index is 14.6. The lowest BCUT2D eigenvalue weighted by molar-refractivity contribution is 0.544. The van der Waals surface area contributed by atoms with E-state index in [-0.39, 0.29) is 5.82 Å². The van der Waals surface area contributed by atoms with Gasteiger partial charge in [-0.05, 0) is 49.9 Å². The molecule has 2 atom stereocenters. The van der Waals surface area contributed by atoms with Crippen molar-refractivity contribution in [2.45, 2.75) is 25.3 Å². The van der Waals surface area contributed by atoms with Crippen molar-refractivity contribution in [2.75, 3.05) is 11.4 Å². The standard InChI is InChI=1S/C20H16F2N6S/c1-11-25-26-19(29-11)14-10-23-28-7-5-17(24-18(14)28)27-6-4-12-9-20(12,27)15-8-13(21)2-3-16(15)22/h2-3,5,7-8,10,12H,4,6,9H2,1H3/t12-,20+/m0/s1. The largest absolute Gasteiger partial charge is 0.346 e. The van der Waals surface area contributed by atoms with Crippen LogP contribution in [0.4, 0.5) is 14.6 Å². The highest BCUT2D eigenvalue weighted by molar-refractivity contribution is 7.14. The second-order valence-electron chi connectivity index (χ2n) is 7.63. The number of fused-ring (bicyclic) bond motifs is 2. The topological polar surface area (TPSA) is 59.2 Å². The molecule has 2 aliphatic rings. The molecule has 1 aliphatic carbocycles. The molecule has 0 unspecified atom stereocenters. The molecule has 6 rings (SSSR count). The van der Waals surface area contributed by atoms with Crippen molar-refractivity contribution in [3.8, 4) is 10.6 Å². The van der Waals surface area contributed by atoms with E-state index in [0.717, 1.165) is 40.8 Å². The Hall–Kier alpha value is -2.94. The number of aromatic nitrogens is 5. The van der Waals surface area contributed by atoms with Crippen molar-refractivity contribution < 1.29 is 8.78 Å². The molecule has 2 fully saturated rings. The summed E-state index contributed by atoms with van der Waals surface area (Å²) in [4.78, 5) is 6.97. The molecule has 29 heavy (non-hydrogen) atoms. The van der Waals surface area contributed by atoms with Gasteiger partial charge >= 0.3 is 0 Å². The zero-order valence-corrected chi connectivity index (χ0v) is 16.3. The molecule has 3 aromatic heterocycles. The zero-order chi connectivity index (χ0) is 19.8. The van der Waals surface area contributed by atoms with E-state index in [1.165, 1.54) is 29.5 Å². The number of anilines is 1. The minimum absolute atomic E-state index is 0.312. The van der Waals surface area contributed by atoms with E-state index in [0.29, 0.717) is 17.1 Å². The molecule has 1 aromatic carbocycles. The molecule has 1 saturated heterocycles. The Morgan fingerprint density at radius 1 is 1.21 bits per heavy atom.